The normalized spacial score (nSPS) is 15.0. The van der Waals surface area contributed by atoms with E-state index in [1.165, 1.54) is 37.0 Å². The van der Waals surface area contributed by atoms with Crippen molar-refractivity contribution in [1.29, 1.82) is 0 Å². The van der Waals surface area contributed by atoms with E-state index in [1.807, 2.05) is 13.0 Å². The molecule has 0 atom stereocenters. The molecule has 1 aliphatic heterocycles. The zero-order valence-corrected chi connectivity index (χ0v) is 15.1. The number of nitrogens with zero attached hydrogens (tertiary/aromatic N) is 3. The third-order valence-corrected chi connectivity index (χ3v) is 5.10. The maximum absolute atomic E-state index is 12.1. The summed E-state index contributed by atoms with van der Waals surface area (Å²) >= 11 is 7.52. The quantitative estimate of drug-likeness (QED) is 0.838. The van der Waals surface area contributed by atoms with E-state index in [0.29, 0.717) is 15.8 Å². The zero-order chi connectivity index (χ0) is 16.9. The Kier molecular flexibility index (Phi) is 5.52. The van der Waals surface area contributed by atoms with E-state index in [4.69, 9.17) is 11.6 Å². The monoisotopic (exact) mass is 365 g/mol. The molecule has 128 valence electrons. The topological polar surface area (TPSA) is 70.1 Å². The van der Waals surface area contributed by atoms with Gasteiger partial charge in [0.15, 0.2) is 0 Å². The molecule has 24 heavy (non-hydrogen) atoms. The molecule has 8 heteroatoms. The van der Waals surface area contributed by atoms with Crippen molar-refractivity contribution < 1.29 is 4.79 Å². The Hall–Kier alpha value is -1.86. The fourth-order valence-corrected chi connectivity index (χ4v) is 3.70. The first-order valence-electron chi connectivity index (χ1n) is 8.04. The van der Waals surface area contributed by atoms with E-state index in [1.54, 1.807) is 12.1 Å². The fraction of sp³-hybridized carbons (Fsp3) is 0.438. The molecule has 1 aliphatic rings. The van der Waals surface area contributed by atoms with Gasteiger partial charge >= 0.3 is 6.03 Å². The van der Waals surface area contributed by atoms with E-state index in [0.717, 1.165) is 23.8 Å². The van der Waals surface area contributed by atoms with Crippen molar-refractivity contribution in [2.45, 2.75) is 32.6 Å². The second-order valence-corrected chi connectivity index (χ2v) is 7.22. The van der Waals surface area contributed by atoms with Gasteiger partial charge in [-0.15, -0.1) is 10.2 Å². The average Bonchev–Trinajstić information content (AvgIpc) is 2.83. The van der Waals surface area contributed by atoms with Crippen molar-refractivity contribution in [3.63, 3.8) is 0 Å². The van der Waals surface area contributed by atoms with Gasteiger partial charge in [-0.2, -0.15) is 0 Å². The van der Waals surface area contributed by atoms with Gasteiger partial charge in [-0.25, -0.2) is 4.79 Å². The molecular formula is C16H20ClN5OS. The van der Waals surface area contributed by atoms with Crippen LogP contribution in [0.25, 0.3) is 0 Å². The summed E-state index contributed by atoms with van der Waals surface area (Å²) in [4.78, 5) is 14.3. The third kappa shape index (κ3) is 4.36. The Morgan fingerprint density at radius 1 is 1.17 bits per heavy atom. The number of carbonyl (C=O) groups is 1. The molecule has 3 rings (SSSR count). The summed E-state index contributed by atoms with van der Waals surface area (Å²) < 4.78 is 0. The van der Waals surface area contributed by atoms with Crippen molar-refractivity contribution in [3.05, 3.63) is 28.8 Å². The number of hydrogen-bond acceptors (Lipinski definition) is 5. The number of urea groups is 1. The molecule has 1 saturated heterocycles. The molecule has 0 aliphatic carbocycles. The second-order valence-electron chi connectivity index (χ2n) is 5.85. The highest BCUT2D eigenvalue weighted by Crippen LogP contribution is 2.27. The highest BCUT2D eigenvalue weighted by atomic mass is 35.5. The van der Waals surface area contributed by atoms with Crippen LogP contribution in [0.4, 0.5) is 20.7 Å². The van der Waals surface area contributed by atoms with Crippen LogP contribution in [-0.2, 0) is 0 Å². The van der Waals surface area contributed by atoms with Gasteiger partial charge in [-0.3, -0.25) is 5.32 Å². The summed E-state index contributed by atoms with van der Waals surface area (Å²) in [5, 5.41) is 15.6. The molecule has 2 aromatic rings. The van der Waals surface area contributed by atoms with Crippen molar-refractivity contribution >= 4 is 44.9 Å². The number of halogens is 1. The molecule has 1 aromatic heterocycles. The van der Waals surface area contributed by atoms with Gasteiger partial charge in [0.25, 0.3) is 0 Å². The summed E-state index contributed by atoms with van der Waals surface area (Å²) in [7, 11) is 0. The Morgan fingerprint density at radius 3 is 2.62 bits per heavy atom. The fourth-order valence-electron chi connectivity index (χ4n) is 2.63. The lowest BCUT2D eigenvalue weighted by molar-refractivity contribution is 0.262. The van der Waals surface area contributed by atoms with E-state index in [2.05, 4.69) is 25.7 Å². The summed E-state index contributed by atoms with van der Waals surface area (Å²) in [6.45, 7) is 3.95. The van der Waals surface area contributed by atoms with Crippen LogP contribution >= 0.6 is 22.9 Å². The van der Waals surface area contributed by atoms with Crippen LogP contribution in [0.5, 0.6) is 0 Å². The number of hydrogen-bond donors (Lipinski definition) is 2. The van der Waals surface area contributed by atoms with Crippen molar-refractivity contribution in [2.24, 2.45) is 0 Å². The molecule has 0 bridgehead atoms. The standard InChI is InChI=1S/C16H20ClN5OS/c1-11-6-7-13(12(17)10-11)18-14(23)19-15-20-21-16(24-15)22-8-4-2-3-5-9-22/h6-7,10H,2-5,8-9H2,1H3,(H2,18,19,20,23). The molecule has 1 aromatic carbocycles. The number of amides is 2. The molecule has 2 amide bonds. The maximum Gasteiger partial charge on any atom is 0.325 e. The second kappa shape index (κ2) is 7.81. The van der Waals surface area contributed by atoms with Gasteiger partial charge in [-0.05, 0) is 37.5 Å². The van der Waals surface area contributed by atoms with Crippen LogP contribution in [0.2, 0.25) is 5.02 Å². The van der Waals surface area contributed by atoms with Crippen LogP contribution in [-0.4, -0.2) is 29.3 Å². The minimum Gasteiger partial charge on any atom is -0.347 e. The Morgan fingerprint density at radius 2 is 1.92 bits per heavy atom. The molecule has 0 unspecified atom stereocenters. The third-order valence-electron chi connectivity index (χ3n) is 3.88. The van der Waals surface area contributed by atoms with E-state index >= 15 is 0 Å². The minimum atomic E-state index is -0.376. The largest absolute Gasteiger partial charge is 0.347 e. The van der Waals surface area contributed by atoms with Crippen molar-refractivity contribution in [3.8, 4) is 0 Å². The predicted octanol–water partition coefficient (Wildman–Crippen LogP) is 4.52. The average molecular weight is 366 g/mol. The lowest BCUT2D eigenvalue weighted by Gasteiger charge is -2.17. The van der Waals surface area contributed by atoms with Crippen molar-refractivity contribution in [1.82, 2.24) is 10.2 Å². The van der Waals surface area contributed by atoms with Crippen LogP contribution in [0.3, 0.4) is 0 Å². The van der Waals surface area contributed by atoms with Crippen LogP contribution in [0.15, 0.2) is 18.2 Å². The first-order valence-corrected chi connectivity index (χ1v) is 9.24. The molecule has 6 nitrogen and oxygen atoms in total. The summed E-state index contributed by atoms with van der Waals surface area (Å²) in [6.07, 6.45) is 4.88. The van der Waals surface area contributed by atoms with Crippen molar-refractivity contribution in [2.75, 3.05) is 28.6 Å². The number of carbonyl (C=O) groups excluding carboxylic acids is 1. The molecule has 2 heterocycles. The van der Waals surface area contributed by atoms with Gasteiger partial charge in [0.05, 0.1) is 10.7 Å². The van der Waals surface area contributed by atoms with Gasteiger partial charge < -0.3 is 10.2 Å². The minimum absolute atomic E-state index is 0.376. The summed E-state index contributed by atoms with van der Waals surface area (Å²) in [5.74, 6) is 0. The van der Waals surface area contributed by atoms with E-state index in [-0.39, 0.29) is 6.03 Å². The number of aromatic nitrogens is 2. The SMILES string of the molecule is Cc1ccc(NC(=O)Nc2nnc(N3CCCCCC3)s2)c(Cl)c1. The molecule has 0 spiro atoms. The summed E-state index contributed by atoms with van der Waals surface area (Å²) in [6, 6.07) is 5.10. The molecule has 0 saturated carbocycles. The summed E-state index contributed by atoms with van der Waals surface area (Å²) in [5.41, 5.74) is 1.61. The number of anilines is 3. The Labute approximate surface area is 150 Å². The smallest absolute Gasteiger partial charge is 0.325 e. The van der Waals surface area contributed by atoms with Gasteiger partial charge in [-0.1, -0.05) is 41.8 Å². The Bertz CT molecular complexity index is 712. The highest BCUT2D eigenvalue weighted by molar-refractivity contribution is 7.19. The first-order chi connectivity index (χ1) is 11.6. The number of nitrogens with one attached hydrogen (secondary N) is 2. The van der Waals surface area contributed by atoms with E-state index < -0.39 is 0 Å². The molecule has 0 radical (unpaired) electrons. The van der Waals surface area contributed by atoms with Crippen LogP contribution < -0.4 is 15.5 Å². The zero-order valence-electron chi connectivity index (χ0n) is 13.5. The number of rotatable bonds is 3. The van der Waals surface area contributed by atoms with Gasteiger partial charge in [0.2, 0.25) is 10.3 Å². The highest BCUT2D eigenvalue weighted by Gasteiger charge is 2.16. The van der Waals surface area contributed by atoms with E-state index in [9.17, 15) is 4.79 Å². The lowest BCUT2D eigenvalue weighted by Crippen LogP contribution is -2.23. The first kappa shape index (κ1) is 17.0. The van der Waals surface area contributed by atoms with Gasteiger partial charge in [0.1, 0.15) is 0 Å². The predicted molar refractivity (Wildman–Crippen MR) is 99.4 cm³/mol. The van der Waals surface area contributed by atoms with Crippen LogP contribution in [0, 0.1) is 6.92 Å². The number of aryl methyl sites for hydroxylation is 1. The molecule has 1 fully saturated rings. The van der Waals surface area contributed by atoms with Gasteiger partial charge in [0, 0.05) is 13.1 Å². The maximum atomic E-state index is 12.1. The molecule has 2 N–H and O–H groups in total. The number of benzene rings is 1. The van der Waals surface area contributed by atoms with Crippen LogP contribution in [0.1, 0.15) is 31.2 Å². The molecular weight excluding hydrogens is 346 g/mol. The Balaban J connectivity index is 1.60. The lowest BCUT2D eigenvalue weighted by atomic mass is 10.2.